The van der Waals surface area contributed by atoms with Crippen molar-refractivity contribution in [3.05, 3.63) is 182 Å². The van der Waals surface area contributed by atoms with Gasteiger partial charge in [-0.15, -0.1) is 0 Å². The molecule has 0 unspecified atom stereocenters. The van der Waals surface area contributed by atoms with Crippen LogP contribution in [0.3, 0.4) is 0 Å². The van der Waals surface area contributed by atoms with Gasteiger partial charge in [0.05, 0.1) is 16.6 Å². The summed E-state index contributed by atoms with van der Waals surface area (Å²) in [5, 5.41) is 6.53. The summed E-state index contributed by atoms with van der Waals surface area (Å²) >= 11 is 0. The predicted molar refractivity (Wildman–Crippen MR) is 230 cm³/mol. The second-order valence-corrected chi connectivity index (χ2v) is 14.4. The van der Waals surface area contributed by atoms with Crippen molar-refractivity contribution in [2.24, 2.45) is 0 Å². The molecule has 0 aliphatic carbocycles. The van der Waals surface area contributed by atoms with Crippen LogP contribution in [0.1, 0.15) is 0 Å². The molecular weight excluding hydrogens is 701 g/mol. The smallest absolute Gasteiger partial charge is 0.167 e. The normalized spacial score (nSPS) is 11.9. The molecule has 6 heteroatoms. The summed E-state index contributed by atoms with van der Waals surface area (Å²) in [5.74, 6) is 1.71. The van der Waals surface area contributed by atoms with Gasteiger partial charge in [-0.1, -0.05) is 121 Å². The number of aromatic nitrogens is 4. The van der Waals surface area contributed by atoms with E-state index in [-0.39, 0.29) is 0 Å². The van der Waals surface area contributed by atoms with Gasteiger partial charge < -0.3 is 13.4 Å². The monoisotopic (exact) mass is 730 g/mol. The van der Waals surface area contributed by atoms with Crippen LogP contribution >= 0.6 is 0 Å². The molecule has 6 nitrogen and oxygen atoms in total. The molecule has 0 amide bonds. The Kier molecular flexibility index (Phi) is 6.83. The summed E-state index contributed by atoms with van der Waals surface area (Å²) in [5.41, 5.74) is 11.5. The lowest BCUT2D eigenvalue weighted by atomic mass is 10.00. The Morgan fingerprint density at radius 1 is 0.351 bits per heavy atom. The molecule has 0 bridgehead atoms. The molecule has 4 heterocycles. The lowest BCUT2D eigenvalue weighted by Crippen LogP contribution is -2.00. The van der Waals surface area contributed by atoms with E-state index in [0.717, 1.165) is 77.4 Å². The summed E-state index contributed by atoms with van der Waals surface area (Å²) in [7, 11) is 0. The minimum absolute atomic E-state index is 0.549. The molecule has 0 radical (unpaired) electrons. The van der Waals surface area contributed by atoms with E-state index in [1.54, 1.807) is 0 Å². The van der Waals surface area contributed by atoms with Crippen LogP contribution < -0.4 is 0 Å². The van der Waals surface area contributed by atoms with Gasteiger partial charge in [0.1, 0.15) is 22.3 Å². The summed E-state index contributed by atoms with van der Waals surface area (Å²) < 4.78 is 15.4. The molecule has 12 aromatic rings. The summed E-state index contributed by atoms with van der Waals surface area (Å²) in [4.78, 5) is 15.2. The zero-order valence-electron chi connectivity index (χ0n) is 30.4. The maximum atomic E-state index is 6.58. The molecule has 0 saturated carbocycles. The fraction of sp³-hybridized carbons (Fsp3) is 0. The van der Waals surface area contributed by atoms with Crippen molar-refractivity contribution >= 4 is 65.7 Å². The number of nitrogens with zero attached hydrogens (tertiary/aromatic N) is 4. The Morgan fingerprint density at radius 3 is 1.84 bits per heavy atom. The Balaban J connectivity index is 1.02. The zero-order valence-corrected chi connectivity index (χ0v) is 30.4. The van der Waals surface area contributed by atoms with Crippen LogP contribution in [0.5, 0.6) is 0 Å². The number of fused-ring (bicyclic) bond motifs is 9. The molecule has 8 aromatic carbocycles. The van der Waals surface area contributed by atoms with Crippen molar-refractivity contribution < 1.29 is 8.83 Å². The molecule has 4 aromatic heterocycles. The maximum Gasteiger partial charge on any atom is 0.167 e. The van der Waals surface area contributed by atoms with E-state index in [1.807, 2.05) is 72.8 Å². The first kappa shape index (κ1) is 31.5. The molecule has 57 heavy (non-hydrogen) atoms. The van der Waals surface area contributed by atoms with Gasteiger partial charge in [0.15, 0.2) is 17.5 Å². The second kappa shape index (κ2) is 12.3. The molecule has 0 aliphatic rings. The lowest BCUT2D eigenvalue weighted by molar-refractivity contribution is 0.669. The predicted octanol–water partition coefficient (Wildman–Crippen LogP) is 13.4. The zero-order chi connectivity index (χ0) is 37.5. The molecule has 266 valence electrons. The number of hydrogen-bond donors (Lipinski definition) is 0. The van der Waals surface area contributed by atoms with E-state index >= 15 is 0 Å². The van der Waals surface area contributed by atoms with Gasteiger partial charge in [-0.3, -0.25) is 0 Å². The van der Waals surface area contributed by atoms with Crippen molar-refractivity contribution in [2.45, 2.75) is 0 Å². The van der Waals surface area contributed by atoms with Crippen LogP contribution in [-0.2, 0) is 0 Å². The maximum absolute atomic E-state index is 6.58. The minimum atomic E-state index is 0.549. The van der Waals surface area contributed by atoms with Crippen LogP contribution in [0.15, 0.2) is 191 Å². The molecule has 0 aliphatic heterocycles. The van der Waals surface area contributed by atoms with Crippen LogP contribution in [0.2, 0.25) is 0 Å². The summed E-state index contributed by atoms with van der Waals surface area (Å²) in [6.07, 6.45) is 0. The van der Waals surface area contributed by atoms with E-state index in [1.165, 1.54) is 21.8 Å². The fourth-order valence-corrected chi connectivity index (χ4v) is 8.45. The van der Waals surface area contributed by atoms with Crippen molar-refractivity contribution in [2.75, 3.05) is 0 Å². The third kappa shape index (κ3) is 4.94. The van der Waals surface area contributed by atoms with E-state index in [2.05, 4.69) is 114 Å². The molecular formula is C51H30N4O2. The van der Waals surface area contributed by atoms with E-state index in [4.69, 9.17) is 23.8 Å². The van der Waals surface area contributed by atoms with Crippen molar-refractivity contribution in [1.82, 2.24) is 19.5 Å². The van der Waals surface area contributed by atoms with Gasteiger partial charge in [0.25, 0.3) is 0 Å². The first-order valence-electron chi connectivity index (χ1n) is 19.0. The second-order valence-electron chi connectivity index (χ2n) is 14.4. The minimum Gasteiger partial charge on any atom is -0.456 e. The third-order valence-electron chi connectivity index (χ3n) is 11.1. The number of benzene rings is 8. The van der Waals surface area contributed by atoms with Crippen LogP contribution in [0, 0.1) is 0 Å². The van der Waals surface area contributed by atoms with E-state index in [9.17, 15) is 0 Å². The number of hydrogen-bond acceptors (Lipinski definition) is 5. The lowest BCUT2D eigenvalue weighted by Gasteiger charge is -2.11. The molecule has 0 fully saturated rings. The topological polar surface area (TPSA) is 69.9 Å². The highest BCUT2D eigenvalue weighted by atomic mass is 16.3. The number of rotatable bonds is 5. The largest absolute Gasteiger partial charge is 0.456 e. The van der Waals surface area contributed by atoms with Crippen molar-refractivity contribution in [1.29, 1.82) is 0 Å². The quantitative estimate of drug-likeness (QED) is 0.176. The Labute approximate surface area is 325 Å². The van der Waals surface area contributed by atoms with E-state index < -0.39 is 0 Å². The first-order valence-corrected chi connectivity index (χ1v) is 19.0. The highest BCUT2D eigenvalue weighted by Crippen LogP contribution is 2.41. The first-order chi connectivity index (χ1) is 28.2. The Morgan fingerprint density at radius 2 is 0.982 bits per heavy atom. The average Bonchev–Trinajstić information content (AvgIpc) is 3.96. The Hall–Kier alpha value is -7.83. The fourth-order valence-electron chi connectivity index (χ4n) is 8.45. The van der Waals surface area contributed by atoms with Crippen molar-refractivity contribution in [3.63, 3.8) is 0 Å². The standard InChI is InChI=1S/C51H30N4O2/c1-3-13-31(14-4-1)49-52-50(54-51(53-49)41-22-12-21-40-37-18-8-10-24-44(37)57-48(40)41)33-26-28-45-42(29-33)38-27-25-32(30-46(38)56-45)35-19-11-20-39-36-17-7-9-23-43(36)55(47(35)39)34-15-5-2-6-16-34/h1-30H. The summed E-state index contributed by atoms with van der Waals surface area (Å²) in [6.45, 7) is 0. The summed E-state index contributed by atoms with van der Waals surface area (Å²) in [6, 6.07) is 62.7. The average molecular weight is 731 g/mol. The molecule has 12 rings (SSSR count). The molecule has 0 atom stereocenters. The van der Waals surface area contributed by atoms with Crippen LogP contribution in [0.4, 0.5) is 0 Å². The molecule has 0 spiro atoms. The van der Waals surface area contributed by atoms with Crippen molar-refractivity contribution in [3.8, 4) is 51.0 Å². The SMILES string of the molecule is c1ccc(-c2nc(-c3ccc4oc5cc(-c6cccc7c8ccccc8n(-c8ccccc8)c67)ccc5c4c3)nc(-c3cccc4c3oc3ccccc34)n2)cc1. The van der Waals surface area contributed by atoms with Gasteiger partial charge >= 0.3 is 0 Å². The third-order valence-corrected chi connectivity index (χ3v) is 11.1. The van der Waals surface area contributed by atoms with Gasteiger partial charge in [0, 0.05) is 54.7 Å². The van der Waals surface area contributed by atoms with Gasteiger partial charge in [0.2, 0.25) is 0 Å². The highest BCUT2D eigenvalue weighted by Gasteiger charge is 2.20. The number of para-hydroxylation sites is 5. The molecule has 0 saturated heterocycles. The van der Waals surface area contributed by atoms with Gasteiger partial charge in [-0.25, -0.2) is 15.0 Å². The highest BCUT2D eigenvalue weighted by molar-refractivity contribution is 6.15. The molecule has 0 N–H and O–H groups in total. The van der Waals surface area contributed by atoms with Gasteiger partial charge in [-0.2, -0.15) is 0 Å². The van der Waals surface area contributed by atoms with Crippen LogP contribution in [-0.4, -0.2) is 19.5 Å². The van der Waals surface area contributed by atoms with E-state index in [0.29, 0.717) is 17.5 Å². The van der Waals surface area contributed by atoms with Gasteiger partial charge in [-0.05, 0) is 66.2 Å². The Bertz CT molecular complexity index is 3530. The van der Waals surface area contributed by atoms with Crippen LogP contribution in [0.25, 0.3) is 117 Å². The number of furan rings is 2.